The normalized spacial score (nSPS) is 14.1. The molecule has 88 valence electrons. The minimum Gasteiger partial charge on any atom is -0.354 e. The highest BCUT2D eigenvalue weighted by Crippen LogP contribution is 1.89. The van der Waals surface area contributed by atoms with Crippen LogP contribution >= 0.6 is 0 Å². The second kappa shape index (κ2) is 7.23. The zero-order valence-electron chi connectivity index (χ0n) is 9.67. The Morgan fingerprint density at radius 1 is 1.33 bits per heavy atom. The lowest BCUT2D eigenvalue weighted by Crippen LogP contribution is -2.45. The van der Waals surface area contributed by atoms with Gasteiger partial charge >= 0.3 is 0 Å². The highest BCUT2D eigenvalue weighted by molar-refractivity contribution is 5.87. The Kier molecular flexibility index (Phi) is 6.70. The molecule has 0 spiro atoms. The van der Waals surface area contributed by atoms with Gasteiger partial charge in [0.15, 0.2) is 0 Å². The molecule has 2 atom stereocenters. The first-order valence-corrected chi connectivity index (χ1v) is 5.30. The second-order valence-electron chi connectivity index (χ2n) is 3.76. The summed E-state index contributed by atoms with van der Waals surface area (Å²) >= 11 is 0. The summed E-state index contributed by atoms with van der Waals surface area (Å²) in [5.74, 6) is -0.348. The van der Waals surface area contributed by atoms with Crippen LogP contribution in [0.3, 0.4) is 0 Å². The van der Waals surface area contributed by atoms with Crippen LogP contribution < -0.4 is 16.4 Å². The highest BCUT2D eigenvalue weighted by Gasteiger charge is 2.15. The molecular weight excluding hydrogens is 194 g/mol. The molecule has 2 amide bonds. The van der Waals surface area contributed by atoms with Crippen LogP contribution in [0.2, 0.25) is 0 Å². The third kappa shape index (κ3) is 6.90. The van der Waals surface area contributed by atoms with Crippen LogP contribution in [0.15, 0.2) is 0 Å². The summed E-state index contributed by atoms with van der Waals surface area (Å²) in [5, 5.41) is 5.29. The van der Waals surface area contributed by atoms with Crippen LogP contribution in [0.5, 0.6) is 0 Å². The monoisotopic (exact) mass is 215 g/mol. The number of carbonyl (C=O) groups excluding carboxylic acids is 2. The van der Waals surface area contributed by atoms with Crippen molar-refractivity contribution in [2.75, 3.05) is 6.54 Å². The molecule has 15 heavy (non-hydrogen) atoms. The molecule has 0 fully saturated rings. The van der Waals surface area contributed by atoms with E-state index in [1.807, 2.05) is 6.92 Å². The average molecular weight is 215 g/mol. The quantitative estimate of drug-likeness (QED) is 0.571. The van der Waals surface area contributed by atoms with Crippen LogP contribution in [0.25, 0.3) is 0 Å². The largest absolute Gasteiger partial charge is 0.354 e. The number of carbonyl (C=O) groups is 2. The van der Waals surface area contributed by atoms with E-state index in [2.05, 4.69) is 10.6 Å². The number of rotatable bonds is 6. The SMILES string of the molecule is CCCNC(=O)C(C)NC(=O)CC(C)N. The molecule has 0 bridgehead atoms. The lowest BCUT2D eigenvalue weighted by molar-refractivity contribution is -0.128. The molecule has 0 radical (unpaired) electrons. The maximum absolute atomic E-state index is 11.4. The van der Waals surface area contributed by atoms with Crippen molar-refractivity contribution in [1.82, 2.24) is 10.6 Å². The molecule has 5 heteroatoms. The predicted molar refractivity (Wildman–Crippen MR) is 59.2 cm³/mol. The van der Waals surface area contributed by atoms with Gasteiger partial charge in [0, 0.05) is 19.0 Å². The van der Waals surface area contributed by atoms with Crippen molar-refractivity contribution in [2.24, 2.45) is 5.73 Å². The first kappa shape index (κ1) is 13.9. The molecule has 5 nitrogen and oxygen atoms in total. The van der Waals surface area contributed by atoms with Gasteiger partial charge in [0.25, 0.3) is 0 Å². The summed E-state index contributed by atoms with van der Waals surface area (Å²) in [6.45, 7) is 6.01. The first-order valence-electron chi connectivity index (χ1n) is 5.30. The predicted octanol–water partition coefficient (Wildman–Crippen LogP) is -0.245. The first-order chi connectivity index (χ1) is 6.97. The molecule has 0 aliphatic rings. The fourth-order valence-electron chi connectivity index (χ4n) is 1.06. The Morgan fingerprint density at radius 2 is 1.93 bits per heavy atom. The zero-order valence-corrected chi connectivity index (χ0v) is 9.67. The fraction of sp³-hybridized carbons (Fsp3) is 0.800. The topological polar surface area (TPSA) is 84.2 Å². The van der Waals surface area contributed by atoms with Crippen molar-refractivity contribution >= 4 is 11.8 Å². The Hall–Kier alpha value is -1.10. The number of hydrogen-bond donors (Lipinski definition) is 3. The number of amides is 2. The van der Waals surface area contributed by atoms with E-state index in [1.165, 1.54) is 0 Å². The Balaban J connectivity index is 3.85. The highest BCUT2D eigenvalue weighted by atomic mass is 16.2. The molecule has 0 aromatic heterocycles. The van der Waals surface area contributed by atoms with Crippen molar-refractivity contribution in [3.05, 3.63) is 0 Å². The van der Waals surface area contributed by atoms with Crippen LogP contribution in [0.1, 0.15) is 33.6 Å². The molecule has 0 aromatic carbocycles. The lowest BCUT2D eigenvalue weighted by Gasteiger charge is -2.14. The van der Waals surface area contributed by atoms with Crippen molar-refractivity contribution in [2.45, 2.75) is 45.7 Å². The minimum absolute atomic E-state index is 0.158. The van der Waals surface area contributed by atoms with Gasteiger partial charge in [0.1, 0.15) is 6.04 Å². The summed E-state index contributed by atoms with van der Waals surface area (Å²) in [5.41, 5.74) is 5.46. The average Bonchev–Trinajstić information content (AvgIpc) is 2.12. The van der Waals surface area contributed by atoms with Gasteiger partial charge < -0.3 is 16.4 Å². The number of hydrogen-bond acceptors (Lipinski definition) is 3. The molecule has 0 saturated carbocycles. The minimum atomic E-state index is -0.497. The molecule has 0 aliphatic heterocycles. The molecule has 0 heterocycles. The smallest absolute Gasteiger partial charge is 0.242 e. The van der Waals surface area contributed by atoms with Crippen molar-refractivity contribution in [3.63, 3.8) is 0 Å². The van der Waals surface area contributed by atoms with Gasteiger partial charge in [-0.25, -0.2) is 0 Å². The van der Waals surface area contributed by atoms with E-state index in [-0.39, 0.29) is 24.3 Å². The van der Waals surface area contributed by atoms with E-state index in [0.29, 0.717) is 6.54 Å². The summed E-state index contributed by atoms with van der Waals surface area (Å²) in [7, 11) is 0. The van der Waals surface area contributed by atoms with Gasteiger partial charge in [0.05, 0.1) is 0 Å². The Bertz CT molecular complexity index is 217. The van der Waals surface area contributed by atoms with Crippen LogP contribution in [0, 0.1) is 0 Å². The summed E-state index contributed by atoms with van der Waals surface area (Å²) in [6.07, 6.45) is 1.12. The maximum atomic E-state index is 11.4. The standard InChI is InChI=1S/C10H21N3O2/c1-4-5-12-10(15)8(3)13-9(14)6-7(2)11/h7-8H,4-6,11H2,1-3H3,(H,12,15)(H,13,14). The summed E-state index contributed by atoms with van der Waals surface area (Å²) < 4.78 is 0. The van der Waals surface area contributed by atoms with Crippen molar-refractivity contribution in [1.29, 1.82) is 0 Å². The van der Waals surface area contributed by atoms with Crippen LogP contribution in [-0.2, 0) is 9.59 Å². The second-order valence-corrected chi connectivity index (χ2v) is 3.76. The van der Waals surface area contributed by atoms with Gasteiger partial charge in [-0.3, -0.25) is 9.59 Å². The molecular formula is C10H21N3O2. The third-order valence-electron chi connectivity index (χ3n) is 1.83. The maximum Gasteiger partial charge on any atom is 0.242 e. The Labute approximate surface area is 90.8 Å². The van der Waals surface area contributed by atoms with Gasteiger partial charge in [-0.2, -0.15) is 0 Å². The molecule has 0 aromatic rings. The number of nitrogens with one attached hydrogen (secondary N) is 2. The zero-order chi connectivity index (χ0) is 11.8. The van der Waals surface area contributed by atoms with E-state index in [9.17, 15) is 9.59 Å². The molecule has 4 N–H and O–H groups in total. The van der Waals surface area contributed by atoms with Crippen LogP contribution in [0.4, 0.5) is 0 Å². The van der Waals surface area contributed by atoms with E-state index in [4.69, 9.17) is 5.73 Å². The van der Waals surface area contributed by atoms with Gasteiger partial charge in [-0.05, 0) is 20.3 Å². The van der Waals surface area contributed by atoms with E-state index < -0.39 is 6.04 Å². The fourth-order valence-corrected chi connectivity index (χ4v) is 1.06. The van der Waals surface area contributed by atoms with Crippen molar-refractivity contribution < 1.29 is 9.59 Å². The Morgan fingerprint density at radius 3 is 2.40 bits per heavy atom. The molecule has 2 unspecified atom stereocenters. The molecule has 0 saturated heterocycles. The third-order valence-corrected chi connectivity index (χ3v) is 1.83. The van der Waals surface area contributed by atoms with E-state index >= 15 is 0 Å². The molecule has 0 rings (SSSR count). The van der Waals surface area contributed by atoms with E-state index in [1.54, 1.807) is 13.8 Å². The van der Waals surface area contributed by atoms with Gasteiger partial charge in [0.2, 0.25) is 11.8 Å². The van der Waals surface area contributed by atoms with Gasteiger partial charge in [-0.15, -0.1) is 0 Å². The lowest BCUT2D eigenvalue weighted by atomic mass is 10.2. The summed E-state index contributed by atoms with van der Waals surface area (Å²) in [4.78, 5) is 22.6. The van der Waals surface area contributed by atoms with Crippen LogP contribution in [-0.4, -0.2) is 30.4 Å². The van der Waals surface area contributed by atoms with Gasteiger partial charge in [-0.1, -0.05) is 6.92 Å². The van der Waals surface area contributed by atoms with E-state index in [0.717, 1.165) is 6.42 Å². The molecule has 0 aliphatic carbocycles. The van der Waals surface area contributed by atoms with Crippen molar-refractivity contribution in [3.8, 4) is 0 Å². The summed E-state index contributed by atoms with van der Waals surface area (Å²) in [6, 6.07) is -0.682. The number of nitrogens with two attached hydrogens (primary N) is 1.